The maximum atomic E-state index is 13.0. The van der Waals surface area contributed by atoms with Crippen molar-refractivity contribution in [1.29, 1.82) is 0 Å². The molecule has 3 amide bonds. The van der Waals surface area contributed by atoms with Crippen LogP contribution in [-0.4, -0.2) is 65.7 Å². The number of pyridine rings is 1. The predicted molar refractivity (Wildman–Crippen MR) is 99.6 cm³/mol. The Morgan fingerprint density at radius 1 is 0.926 bits per heavy atom. The first-order valence-corrected chi connectivity index (χ1v) is 9.01. The maximum Gasteiger partial charge on any atom is 0.259 e. The van der Waals surface area contributed by atoms with Gasteiger partial charge < -0.3 is 14.7 Å². The molecule has 3 heterocycles. The molecule has 2 aliphatic rings. The third-order valence-corrected chi connectivity index (χ3v) is 5.12. The lowest BCUT2D eigenvalue weighted by Gasteiger charge is -2.32. The molecule has 0 saturated carbocycles. The topological polar surface area (TPSA) is 73.8 Å². The molecule has 0 spiro atoms. The zero-order valence-electron chi connectivity index (χ0n) is 14.9. The minimum atomic E-state index is -0.162. The normalized spacial score (nSPS) is 16.2. The summed E-state index contributed by atoms with van der Waals surface area (Å²) in [5.41, 5.74) is 2.88. The van der Waals surface area contributed by atoms with Crippen molar-refractivity contribution in [1.82, 2.24) is 14.8 Å². The van der Waals surface area contributed by atoms with Gasteiger partial charge in [-0.15, -0.1) is 0 Å². The molecule has 1 aromatic carbocycles. The van der Waals surface area contributed by atoms with E-state index in [0.717, 1.165) is 24.1 Å². The summed E-state index contributed by atoms with van der Waals surface area (Å²) in [6.45, 7) is 2.63. The zero-order valence-corrected chi connectivity index (χ0v) is 14.9. The quantitative estimate of drug-likeness (QED) is 0.767. The standard InChI is InChI=1S/C20H20N4O3/c25-14-22-7-9-23(10-8-22)19(26)16-11-17(13-21-12-16)20(27)24-6-5-15-3-1-2-4-18(15)24/h1-4,11-14H,5-10H2. The number of piperazine rings is 1. The van der Waals surface area contributed by atoms with Crippen molar-refractivity contribution in [3.63, 3.8) is 0 Å². The van der Waals surface area contributed by atoms with Gasteiger partial charge in [0, 0.05) is 50.8 Å². The number of carbonyl (C=O) groups excluding carboxylic acids is 3. The van der Waals surface area contributed by atoms with Crippen LogP contribution >= 0.6 is 0 Å². The molecule has 0 N–H and O–H groups in total. The lowest BCUT2D eigenvalue weighted by molar-refractivity contribution is -0.119. The van der Waals surface area contributed by atoms with E-state index in [1.807, 2.05) is 24.3 Å². The van der Waals surface area contributed by atoms with E-state index in [2.05, 4.69) is 4.98 Å². The molecule has 1 aromatic heterocycles. The molecular formula is C20H20N4O3. The molecule has 4 rings (SSSR count). The van der Waals surface area contributed by atoms with Crippen LogP contribution in [-0.2, 0) is 11.2 Å². The van der Waals surface area contributed by atoms with Crippen molar-refractivity contribution in [2.24, 2.45) is 0 Å². The van der Waals surface area contributed by atoms with Crippen LogP contribution in [0.25, 0.3) is 0 Å². The number of hydrogen-bond donors (Lipinski definition) is 0. The van der Waals surface area contributed by atoms with Gasteiger partial charge in [-0.1, -0.05) is 18.2 Å². The van der Waals surface area contributed by atoms with Gasteiger partial charge in [-0.2, -0.15) is 0 Å². The zero-order chi connectivity index (χ0) is 18.8. The Morgan fingerprint density at radius 2 is 1.63 bits per heavy atom. The summed E-state index contributed by atoms with van der Waals surface area (Å²) >= 11 is 0. The van der Waals surface area contributed by atoms with E-state index in [4.69, 9.17) is 0 Å². The summed E-state index contributed by atoms with van der Waals surface area (Å²) in [6.07, 6.45) is 4.62. The van der Waals surface area contributed by atoms with E-state index in [1.165, 1.54) is 12.4 Å². The first-order chi connectivity index (χ1) is 13.2. The largest absolute Gasteiger partial charge is 0.342 e. The molecule has 138 valence electrons. The van der Waals surface area contributed by atoms with Crippen molar-refractivity contribution in [2.75, 3.05) is 37.6 Å². The van der Waals surface area contributed by atoms with Crippen LogP contribution in [0.1, 0.15) is 26.3 Å². The van der Waals surface area contributed by atoms with E-state index in [-0.39, 0.29) is 11.8 Å². The summed E-state index contributed by atoms with van der Waals surface area (Å²) in [6, 6.07) is 9.47. The van der Waals surface area contributed by atoms with E-state index in [1.54, 1.807) is 20.8 Å². The Kier molecular flexibility index (Phi) is 4.58. The molecule has 2 aliphatic heterocycles. The van der Waals surface area contributed by atoms with E-state index < -0.39 is 0 Å². The number of para-hydroxylation sites is 1. The van der Waals surface area contributed by atoms with Gasteiger partial charge in [0.1, 0.15) is 0 Å². The number of benzene rings is 1. The molecule has 27 heavy (non-hydrogen) atoms. The fourth-order valence-corrected chi connectivity index (χ4v) is 3.59. The fraction of sp³-hybridized carbons (Fsp3) is 0.300. The lowest BCUT2D eigenvalue weighted by atomic mass is 10.1. The van der Waals surface area contributed by atoms with Gasteiger partial charge in [0.25, 0.3) is 11.8 Å². The van der Waals surface area contributed by atoms with Crippen LogP contribution in [0.3, 0.4) is 0 Å². The second kappa shape index (κ2) is 7.19. The second-order valence-electron chi connectivity index (χ2n) is 6.73. The van der Waals surface area contributed by atoms with Crippen molar-refractivity contribution in [3.05, 3.63) is 59.4 Å². The van der Waals surface area contributed by atoms with Crippen molar-refractivity contribution < 1.29 is 14.4 Å². The van der Waals surface area contributed by atoms with E-state index in [0.29, 0.717) is 43.9 Å². The predicted octanol–water partition coefficient (Wildman–Crippen LogP) is 1.20. The van der Waals surface area contributed by atoms with E-state index in [9.17, 15) is 14.4 Å². The molecule has 7 nitrogen and oxygen atoms in total. The Balaban J connectivity index is 1.52. The van der Waals surface area contributed by atoms with Gasteiger partial charge in [0.15, 0.2) is 0 Å². The number of nitrogens with zero attached hydrogens (tertiary/aromatic N) is 4. The van der Waals surface area contributed by atoms with Crippen molar-refractivity contribution in [2.45, 2.75) is 6.42 Å². The highest BCUT2D eigenvalue weighted by Gasteiger charge is 2.27. The van der Waals surface area contributed by atoms with Gasteiger partial charge in [0.2, 0.25) is 6.41 Å². The number of rotatable bonds is 3. The SMILES string of the molecule is O=CN1CCN(C(=O)c2cncc(C(=O)N3CCc4ccccc43)c2)CC1. The second-order valence-corrected chi connectivity index (χ2v) is 6.73. The smallest absolute Gasteiger partial charge is 0.259 e. The molecule has 0 bridgehead atoms. The number of hydrogen-bond acceptors (Lipinski definition) is 4. The van der Waals surface area contributed by atoms with Crippen LogP contribution in [0.4, 0.5) is 5.69 Å². The minimum Gasteiger partial charge on any atom is -0.342 e. The molecule has 0 unspecified atom stereocenters. The fourth-order valence-electron chi connectivity index (χ4n) is 3.59. The first-order valence-electron chi connectivity index (χ1n) is 9.01. The molecule has 2 aromatic rings. The summed E-state index contributed by atoms with van der Waals surface area (Å²) in [5.74, 6) is -0.308. The van der Waals surface area contributed by atoms with Gasteiger partial charge in [-0.25, -0.2) is 0 Å². The summed E-state index contributed by atoms with van der Waals surface area (Å²) in [4.78, 5) is 45.7. The third-order valence-electron chi connectivity index (χ3n) is 5.12. The van der Waals surface area contributed by atoms with Gasteiger partial charge in [-0.3, -0.25) is 19.4 Å². The summed E-state index contributed by atoms with van der Waals surface area (Å²) in [7, 11) is 0. The lowest BCUT2D eigenvalue weighted by Crippen LogP contribution is -2.48. The maximum absolute atomic E-state index is 13.0. The Morgan fingerprint density at radius 3 is 2.37 bits per heavy atom. The van der Waals surface area contributed by atoms with Crippen LogP contribution in [0.2, 0.25) is 0 Å². The van der Waals surface area contributed by atoms with E-state index >= 15 is 0 Å². The average molecular weight is 364 g/mol. The molecule has 0 aliphatic carbocycles. The first kappa shape index (κ1) is 17.2. The number of anilines is 1. The average Bonchev–Trinajstić information content (AvgIpc) is 3.17. The number of carbonyl (C=O) groups is 3. The number of fused-ring (bicyclic) bond motifs is 1. The van der Waals surface area contributed by atoms with Crippen molar-refractivity contribution in [3.8, 4) is 0 Å². The van der Waals surface area contributed by atoms with Crippen LogP contribution in [0.5, 0.6) is 0 Å². The molecule has 0 atom stereocenters. The Hall–Kier alpha value is -3.22. The van der Waals surface area contributed by atoms with Crippen LogP contribution in [0, 0.1) is 0 Å². The number of aromatic nitrogens is 1. The monoisotopic (exact) mass is 364 g/mol. The van der Waals surface area contributed by atoms with Gasteiger partial charge in [0.05, 0.1) is 11.1 Å². The highest BCUT2D eigenvalue weighted by molar-refractivity contribution is 6.08. The number of amides is 3. The van der Waals surface area contributed by atoms with Crippen molar-refractivity contribution >= 4 is 23.9 Å². The Labute approximate surface area is 157 Å². The highest BCUT2D eigenvalue weighted by Crippen LogP contribution is 2.28. The van der Waals surface area contributed by atoms with Crippen LogP contribution in [0.15, 0.2) is 42.7 Å². The summed E-state index contributed by atoms with van der Waals surface area (Å²) in [5, 5.41) is 0. The molecule has 7 heteroatoms. The van der Waals surface area contributed by atoms with Gasteiger partial charge >= 0.3 is 0 Å². The minimum absolute atomic E-state index is 0.145. The molecule has 0 radical (unpaired) electrons. The van der Waals surface area contributed by atoms with Gasteiger partial charge in [-0.05, 0) is 24.1 Å². The summed E-state index contributed by atoms with van der Waals surface area (Å²) < 4.78 is 0. The molecule has 1 fully saturated rings. The third kappa shape index (κ3) is 3.28. The highest BCUT2D eigenvalue weighted by atomic mass is 16.2. The molecule has 1 saturated heterocycles. The molecular weight excluding hydrogens is 344 g/mol. The Bertz CT molecular complexity index is 890. The van der Waals surface area contributed by atoms with Crippen LogP contribution < -0.4 is 4.90 Å².